The number of hydrogen-bond acceptors (Lipinski definition) is 3. The van der Waals surface area contributed by atoms with Crippen LogP contribution in [0.1, 0.15) is 44.2 Å². The largest absolute Gasteiger partial charge is 0.334 e. The zero-order valence-corrected chi connectivity index (χ0v) is 11.0. The summed E-state index contributed by atoms with van der Waals surface area (Å²) in [6.45, 7) is 5.94. The summed E-state index contributed by atoms with van der Waals surface area (Å²) in [6, 6.07) is 7.70. The third-order valence-corrected chi connectivity index (χ3v) is 2.62. The van der Waals surface area contributed by atoms with Crippen molar-refractivity contribution in [2.24, 2.45) is 5.16 Å². The summed E-state index contributed by atoms with van der Waals surface area (Å²) in [5.41, 5.74) is 1.96. The molecule has 1 rings (SSSR count). The van der Waals surface area contributed by atoms with Crippen molar-refractivity contribution < 1.29 is 9.63 Å². The van der Waals surface area contributed by atoms with Crippen molar-refractivity contribution in [3.8, 4) is 0 Å². The van der Waals surface area contributed by atoms with Crippen LogP contribution < -0.4 is 0 Å². The number of benzene rings is 1. The molecule has 0 aliphatic rings. The Morgan fingerprint density at radius 1 is 1.35 bits per heavy atom. The fraction of sp³-hybridized carbons (Fsp3) is 0.385. The highest BCUT2D eigenvalue weighted by Crippen LogP contribution is 2.16. The molecule has 92 valence electrons. The van der Waals surface area contributed by atoms with Gasteiger partial charge in [0.2, 0.25) is 0 Å². The number of rotatable bonds is 4. The Bertz CT molecular complexity index is 410. The van der Waals surface area contributed by atoms with Gasteiger partial charge in [0, 0.05) is 12.0 Å². The molecule has 0 radical (unpaired) electrons. The van der Waals surface area contributed by atoms with Gasteiger partial charge >= 0.3 is 5.97 Å². The molecular weight excluding hydrogens is 238 g/mol. The summed E-state index contributed by atoms with van der Waals surface area (Å²) in [5.74, 6) is 0.0691. The lowest BCUT2D eigenvalue weighted by atomic mass is 10.0. The minimum Gasteiger partial charge on any atom is -0.317 e. The molecule has 0 fully saturated rings. The molecule has 0 aromatic heterocycles. The molecule has 0 heterocycles. The number of carbonyl (C=O) groups excluding carboxylic acids is 1. The van der Waals surface area contributed by atoms with E-state index in [0.717, 1.165) is 5.56 Å². The van der Waals surface area contributed by atoms with Gasteiger partial charge in [-0.3, -0.25) is 0 Å². The molecule has 4 heteroatoms. The zero-order valence-electron chi connectivity index (χ0n) is 10.2. The maximum absolute atomic E-state index is 10.9. The van der Waals surface area contributed by atoms with Gasteiger partial charge in [0.25, 0.3) is 0 Å². The fourth-order valence-corrected chi connectivity index (χ4v) is 1.37. The topological polar surface area (TPSA) is 38.7 Å². The first-order valence-corrected chi connectivity index (χ1v) is 5.96. The van der Waals surface area contributed by atoms with E-state index in [4.69, 9.17) is 11.6 Å². The van der Waals surface area contributed by atoms with Gasteiger partial charge in [-0.2, -0.15) is 0 Å². The third-order valence-electron chi connectivity index (χ3n) is 2.33. The molecule has 0 saturated heterocycles. The van der Waals surface area contributed by atoms with Gasteiger partial charge in [0.05, 0.1) is 0 Å². The van der Waals surface area contributed by atoms with Crippen LogP contribution in [-0.2, 0) is 9.63 Å². The van der Waals surface area contributed by atoms with E-state index in [0.29, 0.717) is 5.92 Å². The number of nitrogens with zero attached hydrogens (tertiary/aromatic N) is 1. The highest BCUT2D eigenvalue weighted by Gasteiger charge is 2.04. The summed E-state index contributed by atoms with van der Waals surface area (Å²) in [6.07, 6.45) is 0.278. The van der Waals surface area contributed by atoms with E-state index in [1.165, 1.54) is 5.56 Å². The second kappa shape index (κ2) is 6.40. The molecule has 1 aromatic carbocycles. The number of halogens is 1. The summed E-state index contributed by atoms with van der Waals surface area (Å²) in [4.78, 5) is 15.5. The first-order valence-electron chi connectivity index (χ1n) is 5.58. The molecule has 0 N–H and O–H groups in total. The average molecular weight is 254 g/mol. The molecule has 0 bridgehead atoms. The number of carbonyl (C=O) groups is 1. The lowest BCUT2D eigenvalue weighted by molar-refractivity contribution is -0.143. The second-order valence-electron chi connectivity index (χ2n) is 3.98. The van der Waals surface area contributed by atoms with Crippen molar-refractivity contribution in [3.63, 3.8) is 0 Å². The van der Waals surface area contributed by atoms with Crippen LogP contribution in [0.25, 0.3) is 0 Å². The summed E-state index contributed by atoms with van der Waals surface area (Å²) >= 11 is 5.91. The molecule has 0 amide bonds. The van der Waals surface area contributed by atoms with Gasteiger partial charge in [-0.15, -0.1) is 0 Å². The van der Waals surface area contributed by atoms with Crippen LogP contribution in [0, 0.1) is 0 Å². The van der Waals surface area contributed by atoms with Crippen LogP contribution in [0.15, 0.2) is 29.4 Å². The van der Waals surface area contributed by atoms with Gasteiger partial charge in [0.1, 0.15) is 0 Å². The normalized spacial score (nSPS) is 11.7. The first kappa shape index (κ1) is 13.7. The quantitative estimate of drug-likeness (QED) is 0.467. The van der Waals surface area contributed by atoms with E-state index < -0.39 is 5.97 Å². The molecule has 0 atom stereocenters. The van der Waals surface area contributed by atoms with E-state index in [1.807, 2.05) is 24.3 Å². The van der Waals surface area contributed by atoms with Crippen LogP contribution in [0.3, 0.4) is 0 Å². The predicted molar refractivity (Wildman–Crippen MR) is 69.3 cm³/mol. The molecular formula is C13H16ClNO2. The lowest BCUT2D eigenvalue weighted by Crippen LogP contribution is -2.00. The summed E-state index contributed by atoms with van der Waals surface area (Å²) < 4.78 is 0. The van der Waals surface area contributed by atoms with Gasteiger partial charge in [-0.1, -0.05) is 61.8 Å². The van der Waals surface area contributed by atoms with Crippen molar-refractivity contribution in [2.45, 2.75) is 33.1 Å². The maximum Gasteiger partial charge on any atom is 0.334 e. The van der Waals surface area contributed by atoms with Crippen LogP contribution in [0.2, 0.25) is 0 Å². The van der Waals surface area contributed by atoms with Gasteiger partial charge < -0.3 is 4.84 Å². The molecule has 1 aromatic rings. The SMILES string of the molecule is CCC(=O)O/N=C(/Cl)c1ccc(C(C)C)cc1. The van der Waals surface area contributed by atoms with Crippen LogP contribution in [0.5, 0.6) is 0 Å². The summed E-state index contributed by atoms with van der Waals surface area (Å²) in [5, 5.41) is 3.75. The van der Waals surface area contributed by atoms with E-state index in [1.54, 1.807) is 6.92 Å². The van der Waals surface area contributed by atoms with Crippen molar-refractivity contribution in [2.75, 3.05) is 0 Å². The van der Waals surface area contributed by atoms with Crippen molar-refractivity contribution in [1.82, 2.24) is 0 Å². The minimum absolute atomic E-state index is 0.183. The third kappa shape index (κ3) is 4.19. The van der Waals surface area contributed by atoms with Gasteiger partial charge in [0.15, 0.2) is 5.17 Å². The Labute approximate surface area is 106 Å². The van der Waals surface area contributed by atoms with E-state index in [9.17, 15) is 4.79 Å². The van der Waals surface area contributed by atoms with Crippen molar-refractivity contribution in [1.29, 1.82) is 0 Å². The Morgan fingerprint density at radius 3 is 2.41 bits per heavy atom. The van der Waals surface area contributed by atoms with Crippen molar-refractivity contribution in [3.05, 3.63) is 35.4 Å². The smallest absolute Gasteiger partial charge is 0.317 e. The minimum atomic E-state index is -0.401. The second-order valence-corrected chi connectivity index (χ2v) is 4.33. The highest BCUT2D eigenvalue weighted by molar-refractivity contribution is 6.69. The van der Waals surface area contributed by atoms with Crippen LogP contribution >= 0.6 is 11.6 Å². The van der Waals surface area contributed by atoms with E-state index in [2.05, 4.69) is 23.8 Å². The fourth-order valence-electron chi connectivity index (χ4n) is 1.21. The maximum atomic E-state index is 10.9. The Hall–Kier alpha value is -1.35. The average Bonchev–Trinajstić information content (AvgIpc) is 2.35. The summed E-state index contributed by atoms with van der Waals surface area (Å²) in [7, 11) is 0. The van der Waals surface area contributed by atoms with Crippen LogP contribution in [0.4, 0.5) is 0 Å². The van der Waals surface area contributed by atoms with Crippen molar-refractivity contribution >= 4 is 22.7 Å². The standard InChI is InChI=1S/C13H16ClNO2/c1-4-12(16)17-15-13(14)11-7-5-10(6-8-11)9(2)3/h5-9H,4H2,1-3H3/b15-13+. The molecule has 0 aliphatic heterocycles. The first-order chi connectivity index (χ1) is 8.04. The van der Waals surface area contributed by atoms with Gasteiger partial charge in [-0.25, -0.2) is 4.79 Å². The Morgan fingerprint density at radius 2 is 1.94 bits per heavy atom. The Balaban J connectivity index is 2.75. The Kier molecular flexibility index (Phi) is 5.16. The van der Waals surface area contributed by atoms with Gasteiger partial charge in [-0.05, 0) is 11.5 Å². The molecule has 0 unspecified atom stereocenters. The highest BCUT2D eigenvalue weighted by atomic mass is 35.5. The number of hydrogen-bond donors (Lipinski definition) is 0. The van der Waals surface area contributed by atoms with E-state index in [-0.39, 0.29) is 11.6 Å². The van der Waals surface area contributed by atoms with E-state index >= 15 is 0 Å². The zero-order chi connectivity index (χ0) is 12.8. The lowest BCUT2D eigenvalue weighted by Gasteiger charge is -2.05. The molecule has 0 spiro atoms. The molecule has 0 saturated carbocycles. The monoisotopic (exact) mass is 253 g/mol. The predicted octanol–water partition coefficient (Wildman–Crippen LogP) is 3.66. The molecule has 0 aliphatic carbocycles. The number of oxime groups is 1. The molecule has 17 heavy (non-hydrogen) atoms. The molecule has 3 nitrogen and oxygen atoms in total. The van der Waals surface area contributed by atoms with Crippen LogP contribution in [-0.4, -0.2) is 11.1 Å².